The van der Waals surface area contributed by atoms with Gasteiger partial charge in [0, 0.05) is 0 Å². The predicted octanol–water partition coefficient (Wildman–Crippen LogP) is 5.01. The SMILES string of the molecule is CCOc1ccccc1-c1noc(COC(=O)C(c2ccccc2)c2ccccc2)n1. The molecule has 0 saturated heterocycles. The number of aromatic nitrogens is 2. The zero-order valence-electron chi connectivity index (χ0n) is 17.1. The quantitative estimate of drug-likeness (QED) is 0.377. The third-order valence-electron chi connectivity index (χ3n) is 4.74. The second-order valence-electron chi connectivity index (χ2n) is 6.80. The first-order valence-corrected chi connectivity index (χ1v) is 10.1. The van der Waals surface area contributed by atoms with Crippen LogP contribution in [0, 0.1) is 0 Å². The highest BCUT2D eigenvalue weighted by atomic mass is 16.6. The summed E-state index contributed by atoms with van der Waals surface area (Å²) in [6.45, 7) is 2.33. The standard InChI is InChI=1S/C25H22N2O4/c1-2-29-21-16-10-9-15-20(21)24-26-22(31-27-24)17-30-25(28)23(18-11-5-3-6-12-18)19-13-7-4-8-14-19/h3-16,23H,2,17H2,1H3. The normalized spacial score (nSPS) is 10.8. The molecule has 0 bridgehead atoms. The van der Waals surface area contributed by atoms with Crippen LogP contribution in [0.2, 0.25) is 0 Å². The van der Waals surface area contributed by atoms with Crippen LogP contribution in [0.4, 0.5) is 0 Å². The molecule has 0 aliphatic heterocycles. The van der Waals surface area contributed by atoms with Gasteiger partial charge in [0.1, 0.15) is 11.7 Å². The summed E-state index contributed by atoms with van der Waals surface area (Å²) in [6.07, 6.45) is 0. The van der Waals surface area contributed by atoms with E-state index in [1.165, 1.54) is 0 Å². The highest BCUT2D eigenvalue weighted by molar-refractivity contribution is 5.82. The Bertz CT molecular complexity index is 1090. The highest BCUT2D eigenvalue weighted by Gasteiger charge is 2.25. The zero-order chi connectivity index (χ0) is 21.5. The largest absolute Gasteiger partial charge is 0.493 e. The lowest BCUT2D eigenvalue weighted by atomic mass is 9.91. The Morgan fingerprint density at radius 1 is 0.903 bits per heavy atom. The Morgan fingerprint density at radius 3 is 2.16 bits per heavy atom. The van der Waals surface area contributed by atoms with Crippen LogP contribution in [0.15, 0.2) is 89.5 Å². The van der Waals surface area contributed by atoms with Crippen LogP contribution in [0.25, 0.3) is 11.4 Å². The Hall–Kier alpha value is -3.93. The average Bonchev–Trinajstić information content (AvgIpc) is 3.29. The lowest BCUT2D eigenvalue weighted by Crippen LogP contribution is -2.17. The zero-order valence-corrected chi connectivity index (χ0v) is 17.1. The molecule has 0 saturated carbocycles. The fraction of sp³-hybridized carbons (Fsp3) is 0.160. The van der Waals surface area contributed by atoms with Gasteiger partial charge in [-0.3, -0.25) is 4.79 Å². The lowest BCUT2D eigenvalue weighted by Gasteiger charge is -2.16. The number of para-hydroxylation sites is 1. The molecule has 4 aromatic rings. The maximum Gasteiger partial charge on any atom is 0.318 e. The van der Waals surface area contributed by atoms with Crippen LogP contribution in [0.5, 0.6) is 5.75 Å². The minimum atomic E-state index is -0.538. The Balaban J connectivity index is 1.50. The van der Waals surface area contributed by atoms with E-state index in [1.807, 2.05) is 91.9 Å². The predicted molar refractivity (Wildman–Crippen MR) is 115 cm³/mol. The van der Waals surface area contributed by atoms with E-state index in [4.69, 9.17) is 14.0 Å². The van der Waals surface area contributed by atoms with Crippen molar-refractivity contribution in [3.63, 3.8) is 0 Å². The number of esters is 1. The van der Waals surface area contributed by atoms with Crippen molar-refractivity contribution in [1.29, 1.82) is 0 Å². The van der Waals surface area contributed by atoms with E-state index < -0.39 is 5.92 Å². The van der Waals surface area contributed by atoms with Crippen molar-refractivity contribution >= 4 is 5.97 Å². The van der Waals surface area contributed by atoms with Gasteiger partial charge in [0.25, 0.3) is 5.89 Å². The molecule has 0 atom stereocenters. The first-order chi connectivity index (χ1) is 15.3. The van der Waals surface area contributed by atoms with E-state index in [-0.39, 0.29) is 18.5 Å². The molecule has 6 heteroatoms. The van der Waals surface area contributed by atoms with Crippen molar-refractivity contribution < 1.29 is 18.8 Å². The molecule has 4 rings (SSSR count). The molecule has 0 aliphatic carbocycles. The second kappa shape index (κ2) is 9.71. The molecule has 31 heavy (non-hydrogen) atoms. The van der Waals surface area contributed by atoms with Gasteiger partial charge in [-0.15, -0.1) is 0 Å². The molecule has 0 amide bonds. The van der Waals surface area contributed by atoms with E-state index >= 15 is 0 Å². The molecule has 0 N–H and O–H groups in total. The minimum Gasteiger partial charge on any atom is -0.493 e. The average molecular weight is 414 g/mol. The van der Waals surface area contributed by atoms with Crippen molar-refractivity contribution in [2.75, 3.05) is 6.61 Å². The maximum absolute atomic E-state index is 13.0. The van der Waals surface area contributed by atoms with Gasteiger partial charge in [0.15, 0.2) is 6.61 Å². The van der Waals surface area contributed by atoms with Crippen molar-refractivity contribution in [3.05, 3.63) is 102 Å². The van der Waals surface area contributed by atoms with E-state index in [0.717, 1.165) is 16.7 Å². The van der Waals surface area contributed by atoms with Gasteiger partial charge in [-0.1, -0.05) is 78.0 Å². The molecular weight excluding hydrogens is 392 g/mol. The van der Waals surface area contributed by atoms with Gasteiger partial charge in [-0.25, -0.2) is 0 Å². The summed E-state index contributed by atoms with van der Waals surface area (Å²) in [6, 6.07) is 26.5. The molecular formula is C25H22N2O4. The van der Waals surface area contributed by atoms with Crippen LogP contribution in [0.1, 0.15) is 29.9 Å². The van der Waals surface area contributed by atoms with Crippen molar-refractivity contribution in [2.45, 2.75) is 19.4 Å². The lowest BCUT2D eigenvalue weighted by molar-refractivity contribution is -0.146. The third kappa shape index (κ3) is 4.80. The molecule has 1 heterocycles. The molecule has 3 aromatic carbocycles. The van der Waals surface area contributed by atoms with Crippen LogP contribution in [-0.2, 0) is 16.1 Å². The summed E-state index contributed by atoms with van der Waals surface area (Å²) in [5, 5.41) is 4.01. The molecule has 156 valence electrons. The van der Waals surface area contributed by atoms with Gasteiger partial charge in [0.05, 0.1) is 12.2 Å². The summed E-state index contributed by atoms with van der Waals surface area (Å²) < 4.78 is 16.5. The fourth-order valence-electron chi connectivity index (χ4n) is 3.33. The summed E-state index contributed by atoms with van der Waals surface area (Å²) in [4.78, 5) is 17.4. The van der Waals surface area contributed by atoms with E-state index in [9.17, 15) is 4.79 Å². The van der Waals surface area contributed by atoms with Gasteiger partial charge in [0.2, 0.25) is 5.82 Å². The monoisotopic (exact) mass is 414 g/mol. The Kier molecular flexibility index (Phi) is 6.38. The molecule has 0 spiro atoms. The molecule has 0 radical (unpaired) electrons. The van der Waals surface area contributed by atoms with Crippen LogP contribution in [-0.4, -0.2) is 22.7 Å². The molecule has 0 unspecified atom stereocenters. The molecule has 1 aromatic heterocycles. The fourth-order valence-corrected chi connectivity index (χ4v) is 3.33. The number of carbonyl (C=O) groups excluding carboxylic acids is 1. The molecule has 0 aliphatic rings. The second-order valence-corrected chi connectivity index (χ2v) is 6.80. The topological polar surface area (TPSA) is 74.5 Å². The van der Waals surface area contributed by atoms with Crippen LogP contribution < -0.4 is 4.74 Å². The van der Waals surface area contributed by atoms with Gasteiger partial charge in [-0.05, 0) is 30.2 Å². The Morgan fingerprint density at radius 2 is 1.52 bits per heavy atom. The highest BCUT2D eigenvalue weighted by Crippen LogP contribution is 2.29. The molecule has 0 fully saturated rings. The number of hydrogen-bond donors (Lipinski definition) is 0. The summed E-state index contributed by atoms with van der Waals surface area (Å²) >= 11 is 0. The van der Waals surface area contributed by atoms with Crippen molar-refractivity contribution in [2.24, 2.45) is 0 Å². The minimum absolute atomic E-state index is 0.112. The van der Waals surface area contributed by atoms with Crippen molar-refractivity contribution in [1.82, 2.24) is 10.1 Å². The van der Waals surface area contributed by atoms with Crippen molar-refractivity contribution in [3.8, 4) is 17.1 Å². The molecule has 6 nitrogen and oxygen atoms in total. The summed E-state index contributed by atoms with van der Waals surface area (Å²) in [5.74, 6) is 0.352. The first kappa shape index (κ1) is 20.3. The number of ether oxygens (including phenoxy) is 2. The van der Waals surface area contributed by atoms with Gasteiger partial charge >= 0.3 is 5.97 Å². The smallest absolute Gasteiger partial charge is 0.318 e. The maximum atomic E-state index is 13.0. The number of benzene rings is 3. The van der Waals surface area contributed by atoms with Crippen LogP contribution >= 0.6 is 0 Å². The summed E-state index contributed by atoms with van der Waals surface area (Å²) in [5.41, 5.74) is 2.43. The van der Waals surface area contributed by atoms with E-state index in [0.29, 0.717) is 18.2 Å². The Labute approximate surface area is 180 Å². The van der Waals surface area contributed by atoms with Gasteiger partial charge < -0.3 is 14.0 Å². The number of carbonyl (C=O) groups is 1. The number of hydrogen-bond acceptors (Lipinski definition) is 6. The number of nitrogens with zero attached hydrogens (tertiary/aromatic N) is 2. The summed E-state index contributed by atoms with van der Waals surface area (Å²) in [7, 11) is 0. The van der Waals surface area contributed by atoms with E-state index in [2.05, 4.69) is 10.1 Å². The first-order valence-electron chi connectivity index (χ1n) is 10.1. The third-order valence-corrected chi connectivity index (χ3v) is 4.74. The van der Waals surface area contributed by atoms with Gasteiger partial charge in [-0.2, -0.15) is 4.98 Å². The number of rotatable bonds is 8. The van der Waals surface area contributed by atoms with Crippen LogP contribution in [0.3, 0.4) is 0 Å². The van der Waals surface area contributed by atoms with E-state index in [1.54, 1.807) is 0 Å².